The number of carbonyl (C=O) groups excluding carboxylic acids is 1. The van der Waals surface area contributed by atoms with E-state index in [0.29, 0.717) is 10.9 Å². The third-order valence-electron chi connectivity index (χ3n) is 5.39. The fourth-order valence-electron chi connectivity index (χ4n) is 3.70. The number of hydrogen-bond acceptors (Lipinski definition) is 4. The lowest BCUT2D eigenvalue weighted by molar-refractivity contribution is -0.122. The molecule has 0 saturated carbocycles. The highest BCUT2D eigenvalue weighted by Crippen LogP contribution is 2.24. The highest BCUT2D eigenvalue weighted by atomic mass is 16.2. The topological polar surface area (TPSA) is 81.8 Å². The molecule has 0 fully saturated rings. The van der Waals surface area contributed by atoms with E-state index in [1.54, 1.807) is 12.1 Å². The average Bonchev–Trinajstić information content (AvgIpc) is 3.08. The lowest BCUT2D eigenvalue weighted by Crippen LogP contribution is -2.34. The molecular formula is C23H25N5O2. The first kappa shape index (κ1) is 19.8. The van der Waals surface area contributed by atoms with Crippen molar-refractivity contribution >= 4 is 27.8 Å². The summed E-state index contributed by atoms with van der Waals surface area (Å²) in [5.41, 5.74) is 2.46. The largest absolute Gasteiger partial charge is 0.346 e. The summed E-state index contributed by atoms with van der Waals surface area (Å²) in [6.45, 7) is 4.39. The van der Waals surface area contributed by atoms with Crippen LogP contribution in [0.4, 0.5) is 0 Å². The average molecular weight is 403 g/mol. The van der Waals surface area contributed by atoms with Gasteiger partial charge in [0.25, 0.3) is 5.56 Å². The van der Waals surface area contributed by atoms with E-state index in [1.165, 1.54) is 10.9 Å². The molecule has 1 amide bonds. The molecule has 0 spiro atoms. The van der Waals surface area contributed by atoms with E-state index < -0.39 is 0 Å². The van der Waals surface area contributed by atoms with Gasteiger partial charge in [0.15, 0.2) is 0 Å². The van der Waals surface area contributed by atoms with Gasteiger partial charge in [-0.2, -0.15) is 0 Å². The number of nitrogens with one attached hydrogen (secondary N) is 1. The Labute approximate surface area is 174 Å². The Morgan fingerprint density at radius 3 is 2.50 bits per heavy atom. The van der Waals surface area contributed by atoms with Crippen LogP contribution in [0, 0.1) is 5.92 Å². The molecule has 0 aliphatic rings. The molecule has 0 aliphatic heterocycles. The molecule has 1 N–H and O–H groups in total. The molecular weight excluding hydrogens is 378 g/mol. The van der Waals surface area contributed by atoms with Crippen molar-refractivity contribution in [3.8, 4) is 0 Å². The van der Waals surface area contributed by atoms with Crippen molar-refractivity contribution in [2.24, 2.45) is 13.0 Å². The number of hydrogen-bond donors (Lipinski definition) is 1. The standard InChI is InChI=1S/C23H25N5O2/c1-15(2)21(22-25-18-10-6-7-11-19(18)27(22)3)26-20(29)12-13-28-14-24-17-9-5-4-8-16(17)23(28)30/h4-11,14-15,21H,12-13H2,1-3H3,(H,26,29). The van der Waals surface area contributed by atoms with E-state index >= 15 is 0 Å². The lowest BCUT2D eigenvalue weighted by atomic mass is 10.0. The monoisotopic (exact) mass is 403 g/mol. The van der Waals surface area contributed by atoms with E-state index in [-0.39, 0.29) is 36.4 Å². The number of amides is 1. The van der Waals surface area contributed by atoms with Crippen molar-refractivity contribution in [1.82, 2.24) is 24.4 Å². The number of rotatable bonds is 6. The third-order valence-corrected chi connectivity index (χ3v) is 5.39. The Balaban J connectivity index is 1.51. The second-order valence-corrected chi connectivity index (χ2v) is 7.82. The Morgan fingerprint density at radius 1 is 1.07 bits per heavy atom. The predicted molar refractivity (Wildman–Crippen MR) is 117 cm³/mol. The van der Waals surface area contributed by atoms with Gasteiger partial charge in [0.05, 0.1) is 34.3 Å². The molecule has 4 aromatic rings. The second-order valence-electron chi connectivity index (χ2n) is 7.82. The van der Waals surface area contributed by atoms with Crippen LogP contribution in [0.15, 0.2) is 59.7 Å². The van der Waals surface area contributed by atoms with Gasteiger partial charge in [0.1, 0.15) is 5.82 Å². The van der Waals surface area contributed by atoms with E-state index in [9.17, 15) is 9.59 Å². The molecule has 2 aromatic carbocycles. The molecule has 2 heterocycles. The van der Waals surface area contributed by atoms with Gasteiger partial charge < -0.3 is 9.88 Å². The minimum Gasteiger partial charge on any atom is -0.346 e. The molecule has 30 heavy (non-hydrogen) atoms. The molecule has 0 aliphatic carbocycles. The number of benzene rings is 2. The summed E-state index contributed by atoms with van der Waals surface area (Å²) in [6, 6.07) is 14.9. The van der Waals surface area contributed by atoms with Crippen LogP contribution in [0.3, 0.4) is 0 Å². The van der Waals surface area contributed by atoms with Crippen LogP contribution < -0.4 is 10.9 Å². The van der Waals surface area contributed by atoms with Gasteiger partial charge in [0.2, 0.25) is 5.91 Å². The van der Waals surface area contributed by atoms with Crippen LogP contribution in [-0.2, 0) is 18.4 Å². The minimum absolute atomic E-state index is 0.124. The molecule has 154 valence electrons. The first-order valence-electron chi connectivity index (χ1n) is 10.1. The van der Waals surface area contributed by atoms with E-state index in [4.69, 9.17) is 4.98 Å². The molecule has 7 heteroatoms. The van der Waals surface area contributed by atoms with Crippen molar-refractivity contribution < 1.29 is 4.79 Å². The molecule has 0 radical (unpaired) electrons. The number of carbonyl (C=O) groups is 1. The van der Waals surface area contributed by atoms with Gasteiger partial charge in [0, 0.05) is 20.0 Å². The SMILES string of the molecule is CC(C)C(NC(=O)CCn1cnc2ccccc2c1=O)c1nc2ccccc2n1C. The maximum absolute atomic E-state index is 12.7. The zero-order valence-corrected chi connectivity index (χ0v) is 17.4. The Bertz CT molecular complexity index is 1270. The summed E-state index contributed by atoms with van der Waals surface area (Å²) >= 11 is 0. The van der Waals surface area contributed by atoms with Gasteiger partial charge in [-0.25, -0.2) is 9.97 Å². The Kier molecular flexibility index (Phi) is 5.35. The lowest BCUT2D eigenvalue weighted by Gasteiger charge is -2.22. The Hall–Kier alpha value is -3.48. The van der Waals surface area contributed by atoms with Crippen molar-refractivity contribution in [3.05, 3.63) is 71.0 Å². The molecule has 7 nitrogen and oxygen atoms in total. The van der Waals surface area contributed by atoms with E-state index in [2.05, 4.69) is 24.1 Å². The fraction of sp³-hybridized carbons (Fsp3) is 0.304. The number of fused-ring (bicyclic) bond motifs is 2. The quantitative estimate of drug-likeness (QED) is 0.536. The fourth-order valence-corrected chi connectivity index (χ4v) is 3.70. The van der Waals surface area contributed by atoms with Crippen molar-refractivity contribution in [2.45, 2.75) is 32.9 Å². The zero-order chi connectivity index (χ0) is 21.3. The van der Waals surface area contributed by atoms with Crippen molar-refractivity contribution in [1.29, 1.82) is 0 Å². The third kappa shape index (κ3) is 3.70. The normalized spacial score (nSPS) is 12.5. The Morgan fingerprint density at radius 2 is 1.77 bits per heavy atom. The summed E-state index contributed by atoms with van der Waals surface area (Å²) in [7, 11) is 1.96. The molecule has 1 atom stereocenters. The summed E-state index contributed by atoms with van der Waals surface area (Å²) in [6.07, 6.45) is 1.69. The van der Waals surface area contributed by atoms with E-state index in [0.717, 1.165) is 16.9 Å². The number of aromatic nitrogens is 4. The van der Waals surface area contributed by atoms with Crippen LogP contribution in [-0.4, -0.2) is 25.0 Å². The minimum atomic E-state index is -0.221. The van der Waals surface area contributed by atoms with E-state index in [1.807, 2.05) is 48.0 Å². The smallest absolute Gasteiger partial charge is 0.261 e. The van der Waals surface area contributed by atoms with Gasteiger partial charge in [-0.15, -0.1) is 0 Å². The van der Waals surface area contributed by atoms with Gasteiger partial charge in [-0.05, 0) is 30.2 Å². The predicted octanol–water partition coefficient (Wildman–Crippen LogP) is 3.19. The summed E-state index contributed by atoms with van der Waals surface area (Å²) < 4.78 is 3.51. The van der Waals surface area contributed by atoms with Gasteiger partial charge in [-0.3, -0.25) is 14.2 Å². The highest BCUT2D eigenvalue weighted by Gasteiger charge is 2.23. The van der Waals surface area contributed by atoms with Crippen LogP contribution in [0.2, 0.25) is 0 Å². The molecule has 1 unspecified atom stereocenters. The van der Waals surface area contributed by atoms with Crippen LogP contribution in [0.1, 0.15) is 32.1 Å². The van der Waals surface area contributed by atoms with Crippen LogP contribution in [0.25, 0.3) is 21.9 Å². The summed E-state index contributed by atoms with van der Waals surface area (Å²) in [4.78, 5) is 34.4. The molecule has 0 saturated heterocycles. The maximum atomic E-state index is 12.7. The first-order valence-corrected chi connectivity index (χ1v) is 10.1. The number of imidazole rings is 1. The highest BCUT2D eigenvalue weighted by molar-refractivity contribution is 5.79. The van der Waals surface area contributed by atoms with Crippen molar-refractivity contribution in [3.63, 3.8) is 0 Å². The summed E-state index contributed by atoms with van der Waals surface area (Å²) in [5, 5.41) is 3.66. The maximum Gasteiger partial charge on any atom is 0.261 e. The zero-order valence-electron chi connectivity index (χ0n) is 17.4. The van der Waals surface area contributed by atoms with Crippen molar-refractivity contribution in [2.75, 3.05) is 0 Å². The number of nitrogens with zero attached hydrogens (tertiary/aromatic N) is 4. The first-order chi connectivity index (χ1) is 14.5. The second kappa shape index (κ2) is 8.10. The van der Waals surface area contributed by atoms with Crippen LogP contribution >= 0.6 is 0 Å². The van der Waals surface area contributed by atoms with Gasteiger partial charge >= 0.3 is 0 Å². The number of aryl methyl sites for hydroxylation is 2. The van der Waals surface area contributed by atoms with Gasteiger partial charge in [-0.1, -0.05) is 38.1 Å². The van der Waals surface area contributed by atoms with Crippen LogP contribution in [0.5, 0.6) is 0 Å². The summed E-state index contributed by atoms with van der Waals surface area (Å²) in [5.74, 6) is 0.861. The number of para-hydroxylation sites is 3. The molecule has 4 rings (SSSR count). The molecule has 2 aromatic heterocycles. The molecule has 0 bridgehead atoms.